The van der Waals surface area contributed by atoms with E-state index in [1.54, 1.807) is 9.13 Å². The van der Waals surface area contributed by atoms with Crippen molar-refractivity contribution < 1.29 is 0 Å². The summed E-state index contributed by atoms with van der Waals surface area (Å²) in [6, 6.07) is 0.0926. The summed E-state index contributed by atoms with van der Waals surface area (Å²) >= 11 is 0. The van der Waals surface area contributed by atoms with Gasteiger partial charge in [-0.3, -0.25) is 9.13 Å². The average molecular weight is 389 g/mol. The van der Waals surface area contributed by atoms with Crippen molar-refractivity contribution in [3.05, 3.63) is 16.3 Å². The first-order valence-corrected chi connectivity index (χ1v) is 8.70. The van der Waals surface area contributed by atoms with Crippen LogP contribution >= 0.6 is 24.8 Å². The average Bonchev–Trinajstić information content (AvgIpc) is 3.28. The lowest BCUT2D eigenvalue weighted by atomic mass is 10.1. The van der Waals surface area contributed by atoms with E-state index in [4.69, 9.17) is 15.7 Å². The molecule has 1 fully saturated rings. The molecule has 9 heteroatoms. The Hall–Kier alpha value is -1.31. The molecule has 0 aromatic carbocycles. The van der Waals surface area contributed by atoms with Gasteiger partial charge < -0.3 is 11.1 Å². The number of imidazole rings is 1. The Labute approximate surface area is 159 Å². The van der Waals surface area contributed by atoms with Crippen molar-refractivity contribution in [3.8, 4) is 11.5 Å². The summed E-state index contributed by atoms with van der Waals surface area (Å²) in [4.78, 5) is 22.4. The molecule has 3 aliphatic heterocycles. The monoisotopic (exact) mass is 388 g/mol. The Morgan fingerprint density at radius 1 is 1.24 bits per heavy atom. The van der Waals surface area contributed by atoms with Crippen molar-refractivity contribution in [2.75, 3.05) is 11.9 Å². The maximum atomic E-state index is 12.8. The van der Waals surface area contributed by atoms with E-state index in [9.17, 15) is 4.79 Å². The van der Waals surface area contributed by atoms with Gasteiger partial charge in [0.15, 0.2) is 5.82 Å². The van der Waals surface area contributed by atoms with Gasteiger partial charge in [-0.1, -0.05) is 19.8 Å². The van der Waals surface area contributed by atoms with Crippen molar-refractivity contribution in [1.82, 2.24) is 19.1 Å². The number of rotatable bonds is 4. The summed E-state index contributed by atoms with van der Waals surface area (Å²) in [6.45, 7) is 3.85. The second kappa shape index (κ2) is 7.93. The summed E-state index contributed by atoms with van der Waals surface area (Å²) in [7, 11) is 0. The van der Waals surface area contributed by atoms with Crippen LogP contribution in [0, 0.1) is 0 Å². The molecule has 1 aliphatic carbocycles. The lowest BCUT2D eigenvalue weighted by Gasteiger charge is -2.13. The van der Waals surface area contributed by atoms with Crippen LogP contribution in [0.25, 0.3) is 11.5 Å². The number of hydrogen-bond donors (Lipinski definition) is 2. The Kier molecular flexibility index (Phi) is 6.35. The minimum Gasteiger partial charge on any atom is -0.364 e. The van der Waals surface area contributed by atoms with E-state index in [0.29, 0.717) is 25.6 Å². The van der Waals surface area contributed by atoms with Crippen LogP contribution in [-0.4, -0.2) is 31.7 Å². The van der Waals surface area contributed by atoms with Crippen molar-refractivity contribution >= 4 is 30.6 Å². The zero-order valence-corrected chi connectivity index (χ0v) is 16.0. The van der Waals surface area contributed by atoms with E-state index in [0.717, 1.165) is 42.4 Å². The third kappa shape index (κ3) is 3.25. The zero-order valence-electron chi connectivity index (χ0n) is 14.4. The standard InChI is InChI=1S/C16H24N6O.2ClH/c1-2-7-21-15-12(19-13(20-15)10-5-3-4-6-10)14-18-11(8-17)9-22(14)16(21)23;;/h10-11,18H,2-9,17H2,1H3;2*1H. The smallest absolute Gasteiger partial charge is 0.331 e. The third-order valence-electron chi connectivity index (χ3n) is 5.07. The second-order valence-electron chi connectivity index (χ2n) is 6.71. The van der Waals surface area contributed by atoms with Gasteiger partial charge in [-0.25, -0.2) is 14.8 Å². The zero-order chi connectivity index (χ0) is 16.0. The molecule has 140 valence electrons. The molecule has 0 radical (unpaired) electrons. The van der Waals surface area contributed by atoms with Gasteiger partial charge in [-0.05, 0) is 19.3 Å². The van der Waals surface area contributed by atoms with Gasteiger partial charge in [0, 0.05) is 19.0 Å². The molecule has 1 saturated carbocycles. The molecule has 25 heavy (non-hydrogen) atoms. The Morgan fingerprint density at radius 3 is 2.60 bits per heavy atom. The second-order valence-corrected chi connectivity index (χ2v) is 6.71. The predicted molar refractivity (Wildman–Crippen MR) is 103 cm³/mol. The Morgan fingerprint density at radius 2 is 1.96 bits per heavy atom. The first-order chi connectivity index (χ1) is 11.2. The third-order valence-corrected chi connectivity index (χ3v) is 5.07. The SMILES string of the molecule is CCCn1c2nc(C3CCCC3)nc-2c2n(c1=O)CC(CN)N2.Cl.Cl. The summed E-state index contributed by atoms with van der Waals surface area (Å²) in [5, 5.41) is 3.36. The normalized spacial score (nSPS) is 19.4. The van der Waals surface area contributed by atoms with Crippen LogP contribution in [0.1, 0.15) is 50.8 Å². The first-order valence-electron chi connectivity index (χ1n) is 8.70. The van der Waals surface area contributed by atoms with Crippen LogP contribution in [0.5, 0.6) is 0 Å². The van der Waals surface area contributed by atoms with Gasteiger partial charge in [0.2, 0.25) is 0 Å². The van der Waals surface area contributed by atoms with Crippen LogP contribution in [0.15, 0.2) is 4.79 Å². The maximum Gasteiger partial charge on any atom is 0.331 e. The number of hydrogen-bond acceptors (Lipinski definition) is 5. The van der Waals surface area contributed by atoms with Gasteiger partial charge in [0.05, 0.1) is 12.6 Å². The van der Waals surface area contributed by atoms with Crippen molar-refractivity contribution in [1.29, 1.82) is 0 Å². The molecular weight excluding hydrogens is 363 g/mol. The van der Waals surface area contributed by atoms with Gasteiger partial charge >= 0.3 is 5.69 Å². The van der Waals surface area contributed by atoms with Crippen LogP contribution in [0.3, 0.4) is 0 Å². The molecule has 0 aromatic rings. The van der Waals surface area contributed by atoms with Crippen LogP contribution in [0.4, 0.5) is 5.82 Å². The van der Waals surface area contributed by atoms with Crippen LogP contribution in [-0.2, 0) is 13.1 Å². The number of fused-ring (bicyclic) bond motifs is 3. The van der Waals surface area contributed by atoms with Gasteiger partial charge in [0.25, 0.3) is 0 Å². The van der Waals surface area contributed by atoms with E-state index in [-0.39, 0.29) is 36.5 Å². The molecule has 0 bridgehead atoms. The number of aromatic nitrogens is 4. The Bertz CT molecular complexity index is 752. The van der Waals surface area contributed by atoms with Gasteiger partial charge in [-0.2, -0.15) is 0 Å². The number of nitrogens with one attached hydrogen (secondary N) is 1. The highest BCUT2D eigenvalue weighted by Gasteiger charge is 2.32. The lowest BCUT2D eigenvalue weighted by molar-refractivity contribution is 0.563. The molecule has 3 heterocycles. The highest BCUT2D eigenvalue weighted by atomic mass is 35.5. The highest BCUT2D eigenvalue weighted by molar-refractivity contribution is 5.85. The molecule has 0 spiro atoms. The molecular formula is C16H26Cl2N6O. The minimum atomic E-state index is -0.00401. The topological polar surface area (TPSA) is 90.8 Å². The van der Waals surface area contributed by atoms with E-state index in [2.05, 4.69) is 12.2 Å². The van der Waals surface area contributed by atoms with Crippen LogP contribution < -0.4 is 16.7 Å². The van der Waals surface area contributed by atoms with E-state index < -0.39 is 0 Å². The predicted octanol–water partition coefficient (Wildman–Crippen LogP) is 2.21. The van der Waals surface area contributed by atoms with Crippen molar-refractivity contribution in [2.24, 2.45) is 5.73 Å². The fourth-order valence-corrected chi connectivity index (χ4v) is 3.86. The molecule has 3 N–H and O–H groups in total. The number of nitrogens with two attached hydrogens (primary N) is 1. The molecule has 0 saturated heterocycles. The number of anilines is 1. The molecule has 4 aliphatic rings. The van der Waals surface area contributed by atoms with E-state index in [1.165, 1.54) is 12.8 Å². The van der Waals surface area contributed by atoms with Crippen molar-refractivity contribution in [2.45, 2.75) is 64.1 Å². The molecule has 1 unspecified atom stereocenters. The molecule has 1 atom stereocenters. The minimum absolute atomic E-state index is 0. The van der Waals surface area contributed by atoms with Crippen molar-refractivity contribution in [3.63, 3.8) is 0 Å². The summed E-state index contributed by atoms with van der Waals surface area (Å²) in [5.41, 5.74) is 6.61. The summed E-state index contributed by atoms with van der Waals surface area (Å²) in [6.07, 6.45) is 5.70. The van der Waals surface area contributed by atoms with E-state index in [1.807, 2.05) is 0 Å². The Balaban J connectivity index is 0.00000113. The maximum absolute atomic E-state index is 12.8. The van der Waals surface area contributed by atoms with E-state index >= 15 is 0 Å². The highest BCUT2D eigenvalue weighted by Crippen LogP contribution is 2.37. The molecule has 0 amide bonds. The molecule has 4 rings (SSSR count). The number of nitrogens with zero attached hydrogens (tertiary/aromatic N) is 4. The fourth-order valence-electron chi connectivity index (χ4n) is 3.86. The summed E-state index contributed by atoms with van der Waals surface area (Å²) in [5.74, 6) is 2.88. The van der Waals surface area contributed by atoms with Gasteiger partial charge in [-0.15, -0.1) is 24.8 Å². The van der Waals surface area contributed by atoms with Gasteiger partial charge in [0.1, 0.15) is 17.3 Å². The molecule has 7 nitrogen and oxygen atoms in total. The fraction of sp³-hybridized carbons (Fsp3) is 0.688. The largest absolute Gasteiger partial charge is 0.364 e. The van der Waals surface area contributed by atoms with Crippen LogP contribution in [0.2, 0.25) is 0 Å². The first kappa shape index (κ1) is 20.0. The molecule has 0 aromatic heterocycles. The number of halogens is 2. The lowest BCUT2D eigenvalue weighted by Crippen LogP contribution is -2.33. The summed E-state index contributed by atoms with van der Waals surface area (Å²) < 4.78 is 3.56. The quantitative estimate of drug-likeness (QED) is 0.837.